The Bertz CT molecular complexity index is 1600. The second-order valence-corrected chi connectivity index (χ2v) is 19.3. The van der Waals surface area contributed by atoms with Crippen LogP contribution in [-0.2, 0) is 42.8 Å². The summed E-state index contributed by atoms with van der Waals surface area (Å²) in [7, 11) is 0. The summed E-state index contributed by atoms with van der Waals surface area (Å²) in [6.45, 7) is -0.287. The number of hydrogen-bond acceptors (Lipinski definition) is 12. The molecule has 28 heteroatoms. The summed E-state index contributed by atoms with van der Waals surface area (Å²) >= 11 is 0. The number of esters is 3. The van der Waals surface area contributed by atoms with Gasteiger partial charge in [-0.3, -0.25) is 14.4 Å². The van der Waals surface area contributed by atoms with Gasteiger partial charge in [-0.1, -0.05) is 38.5 Å². The first-order chi connectivity index (χ1) is 36.1. The van der Waals surface area contributed by atoms with Gasteiger partial charge in [-0.2, -0.15) is 39.5 Å². The van der Waals surface area contributed by atoms with Crippen LogP contribution in [0.1, 0.15) is 148 Å². The highest BCUT2D eigenvalue weighted by atomic mass is 19.4. The van der Waals surface area contributed by atoms with Crippen LogP contribution in [0.3, 0.4) is 0 Å². The molecule has 0 aromatic rings. The van der Waals surface area contributed by atoms with E-state index in [2.05, 4.69) is 34.9 Å². The first-order valence-electron chi connectivity index (χ1n) is 26.1. The van der Waals surface area contributed by atoms with Crippen molar-refractivity contribution in [3.05, 3.63) is 0 Å². The quantitative estimate of drug-likeness (QED) is 0.0401. The maximum atomic E-state index is 12.0. The molecule has 0 aliphatic heterocycles. The van der Waals surface area contributed by atoms with Gasteiger partial charge in [-0.05, 0) is 100 Å². The number of hydrogen-bond donors (Lipinski definition) is 3. The largest absolute Gasteiger partial charge is 0.465 e. The normalized spacial score (nSPS) is 20.7. The van der Waals surface area contributed by atoms with Gasteiger partial charge >= 0.3 is 54.7 Å². The van der Waals surface area contributed by atoms with Crippen molar-refractivity contribution in [2.24, 2.45) is 35.5 Å². The summed E-state index contributed by atoms with van der Waals surface area (Å²) in [6, 6.07) is 0. The molecule has 0 spiro atoms. The number of alkyl halides is 13. The summed E-state index contributed by atoms with van der Waals surface area (Å²) < 4.78 is 183. The average molecular weight is 1150 g/mol. The topological polar surface area (TPSA) is 194 Å². The zero-order valence-electron chi connectivity index (χ0n) is 43.4. The highest BCUT2D eigenvalue weighted by Gasteiger charge is 2.32. The molecule has 3 aliphatic rings. The molecule has 15 nitrogen and oxygen atoms in total. The maximum absolute atomic E-state index is 12.0. The molecular formula is C49H76F13N3O12. The molecule has 0 bridgehead atoms. The number of carbonyl (C=O) groups is 6. The van der Waals surface area contributed by atoms with Crippen molar-refractivity contribution in [1.82, 2.24) is 16.0 Å². The van der Waals surface area contributed by atoms with Crippen molar-refractivity contribution < 1.29 is 114 Å². The van der Waals surface area contributed by atoms with Gasteiger partial charge in [-0.15, -0.1) is 0 Å². The van der Waals surface area contributed by atoms with Gasteiger partial charge in [0, 0.05) is 51.7 Å². The minimum absolute atomic E-state index is 0.00122. The maximum Gasteiger partial charge on any atom is 0.422 e. The predicted molar refractivity (Wildman–Crippen MR) is 249 cm³/mol. The number of halogens is 13. The Morgan fingerprint density at radius 1 is 0.429 bits per heavy atom. The molecule has 0 radical (unpaired) electrons. The van der Waals surface area contributed by atoms with Crippen LogP contribution in [0.5, 0.6) is 0 Å². The Kier molecular flexibility index (Phi) is 35.4. The summed E-state index contributed by atoms with van der Waals surface area (Å²) in [4.78, 5) is 68.4. The fourth-order valence-corrected chi connectivity index (χ4v) is 8.90. The monoisotopic (exact) mass is 1150 g/mol. The van der Waals surface area contributed by atoms with E-state index in [-0.39, 0.29) is 62.7 Å². The molecule has 77 heavy (non-hydrogen) atoms. The SMILES string of the molecule is CCOC(=O)NCC1CCCC(CCC(=O)OCC(F)(F)F)C1.O=C(CCC1CCCC(CNC(=O)OCCC(F)(F)F)C1)OCCC(F)(F)F.O=C(CCC1CCCC(CNC(=O)OCCC(F)F)C1)OCCC(F)F. The third kappa shape index (κ3) is 42.0. The fourth-order valence-electron chi connectivity index (χ4n) is 8.90. The molecular weight excluding hydrogens is 1070 g/mol. The average Bonchev–Trinajstić information content (AvgIpc) is 3.34. The van der Waals surface area contributed by atoms with Gasteiger partial charge in [0.1, 0.15) is 6.61 Å². The first kappa shape index (κ1) is 70.3. The lowest BCUT2D eigenvalue weighted by Crippen LogP contribution is -2.33. The Morgan fingerprint density at radius 3 is 1.09 bits per heavy atom. The van der Waals surface area contributed by atoms with Crippen LogP contribution in [0, 0.1) is 35.5 Å². The Hall–Kier alpha value is -4.69. The van der Waals surface area contributed by atoms with Crippen molar-refractivity contribution >= 4 is 36.2 Å². The zero-order valence-corrected chi connectivity index (χ0v) is 43.4. The van der Waals surface area contributed by atoms with Crippen LogP contribution in [0.15, 0.2) is 0 Å². The molecule has 0 heterocycles. The van der Waals surface area contributed by atoms with E-state index < -0.39 is 113 Å². The highest BCUT2D eigenvalue weighted by Crippen LogP contribution is 2.34. The molecule has 0 aromatic heterocycles. The number of amides is 3. The van der Waals surface area contributed by atoms with Crippen LogP contribution in [0.25, 0.3) is 0 Å². The van der Waals surface area contributed by atoms with Gasteiger partial charge < -0.3 is 44.4 Å². The third-order valence-electron chi connectivity index (χ3n) is 12.7. The van der Waals surface area contributed by atoms with Crippen LogP contribution >= 0.6 is 0 Å². The highest BCUT2D eigenvalue weighted by molar-refractivity contribution is 5.70. The molecule has 6 unspecified atom stereocenters. The van der Waals surface area contributed by atoms with E-state index in [9.17, 15) is 85.8 Å². The second kappa shape index (κ2) is 38.8. The van der Waals surface area contributed by atoms with E-state index in [4.69, 9.17) is 9.47 Å². The smallest absolute Gasteiger partial charge is 0.422 e. The molecule has 6 atom stereocenters. The van der Waals surface area contributed by atoms with Gasteiger partial charge in [0.05, 0.1) is 39.3 Å². The number of nitrogens with one attached hydrogen (secondary N) is 3. The minimum Gasteiger partial charge on any atom is -0.465 e. The molecule has 3 aliphatic carbocycles. The van der Waals surface area contributed by atoms with E-state index in [1.807, 2.05) is 0 Å². The molecule has 3 N–H and O–H groups in total. The van der Waals surface area contributed by atoms with E-state index in [0.717, 1.165) is 70.6 Å². The van der Waals surface area contributed by atoms with Crippen molar-refractivity contribution in [3.8, 4) is 0 Å². The van der Waals surface area contributed by atoms with Crippen molar-refractivity contribution in [2.45, 2.75) is 180 Å². The fraction of sp³-hybridized carbons (Fsp3) is 0.878. The molecule has 0 aromatic carbocycles. The van der Waals surface area contributed by atoms with Crippen molar-refractivity contribution in [3.63, 3.8) is 0 Å². The van der Waals surface area contributed by atoms with Gasteiger partial charge in [0.25, 0.3) is 0 Å². The van der Waals surface area contributed by atoms with Crippen LogP contribution in [0.4, 0.5) is 71.5 Å². The van der Waals surface area contributed by atoms with Gasteiger partial charge in [0.2, 0.25) is 12.9 Å². The molecule has 3 fully saturated rings. The van der Waals surface area contributed by atoms with E-state index >= 15 is 0 Å². The second-order valence-electron chi connectivity index (χ2n) is 19.3. The Balaban J connectivity index is 0.000000580. The van der Waals surface area contributed by atoms with E-state index in [0.29, 0.717) is 57.2 Å². The molecule has 3 rings (SSSR count). The summed E-state index contributed by atoms with van der Waals surface area (Å²) in [5, 5.41) is 7.72. The Labute approximate surface area is 440 Å². The van der Waals surface area contributed by atoms with Gasteiger partial charge in [0.15, 0.2) is 6.61 Å². The van der Waals surface area contributed by atoms with Crippen LogP contribution in [0.2, 0.25) is 0 Å². The lowest BCUT2D eigenvalue weighted by molar-refractivity contribution is -0.186. The lowest BCUT2D eigenvalue weighted by atomic mass is 9.79. The first-order valence-corrected chi connectivity index (χ1v) is 26.1. The molecule has 3 saturated carbocycles. The number of alkyl carbamates (subject to hydrolysis) is 3. The third-order valence-corrected chi connectivity index (χ3v) is 12.7. The zero-order chi connectivity index (χ0) is 57.9. The number of carbonyl (C=O) groups excluding carboxylic acids is 6. The summed E-state index contributed by atoms with van der Waals surface area (Å²) in [5.41, 5.74) is 0. The molecule has 450 valence electrons. The van der Waals surface area contributed by atoms with Crippen molar-refractivity contribution in [2.75, 3.05) is 59.3 Å². The lowest BCUT2D eigenvalue weighted by Gasteiger charge is -2.29. The van der Waals surface area contributed by atoms with Crippen LogP contribution < -0.4 is 16.0 Å². The number of rotatable bonds is 27. The molecule has 3 amide bonds. The number of ether oxygens (including phenoxy) is 6. The predicted octanol–water partition coefficient (Wildman–Crippen LogP) is 12.3. The van der Waals surface area contributed by atoms with Crippen molar-refractivity contribution in [1.29, 1.82) is 0 Å². The Morgan fingerprint density at radius 2 is 0.740 bits per heavy atom. The standard InChI is InChI=1S/C17H25F6NO4.C17H27F4NO4.C15H24F3NO4/c18-16(19,20)6-8-27-14(25)5-4-12-2-1-3-13(10-12)11-24-15(26)28-9-7-17(21,22)23;18-14(19)6-8-25-16(23)5-4-12-2-1-3-13(10-12)11-22-17(24)26-9-7-15(20)21;1-2-22-14(21)19-9-12-5-3-4-11(8-12)6-7-13(20)23-10-15(16,17)18/h12-13H,1-11H2,(H,24,26);12-15H,1-11H2,(H,22,24);11-12H,2-10H2,1H3,(H,19,21). The minimum atomic E-state index is -4.48. The van der Waals surface area contributed by atoms with E-state index in [1.165, 1.54) is 0 Å². The molecule has 0 saturated heterocycles. The summed E-state index contributed by atoms with van der Waals surface area (Å²) in [5.74, 6) is -0.521. The van der Waals surface area contributed by atoms with Gasteiger partial charge in [-0.25, -0.2) is 31.9 Å². The van der Waals surface area contributed by atoms with E-state index in [1.54, 1.807) is 6.92 Å². The summed E-state index contributed by atoms with van der Waals surface area (Å²) in [6.07, 6.45) is -10.9. The van der Waals surface area contributed by atoms with Crippen LogP contribution in [-0.4, -0.2) is 127 Å².